The van der Waals surface area contributed by atoms with Gasteiger partial charge in [-0.15, -0.1) is 45.8 Å². The highest BCUT2D eigenvalue weighted by molar-refractivity contribution is 8.01. The predicted molar refractivity (Wildman–Crippen MR) is 149 cm³/mol. The van der Waals surface area contributed by atoms with Crippen molar-refractivity contribution >= 4 is 70.8 Å². The summed E-state index contributed by atoms with van der Waals surface area (Å²) in [4.78, 5) is 4.67. The molecule has 3 aromatic heterocycles. The summed E-state index contributed by atoms with van der Waals surface area (Å²) in [7, 11) is 0. The summed E-state index contributed by atoms with van der Waals surface area (Å²) in [6.07, 6.45) is 4.04. The second-order valence-electron chi connectivity index (χ2n) is 8.74. The minimum Gasteiger partial charge on any atom is -0.212 e. The maximum absolute atomic E-state index is 13.8. The normalized spacial score (nSPS) is 18.9. The van der Waals surface area contributed by atoms with Crippen molar-refractivity contribution in [2.45, 2.75) is 23.0 Å². The number of allylic oxidation sites excluding steroid dienone is 3. The fraction of sp³-hybridized carbons (Fsp3) is 0.103. The van der Waals surface area contributed by atoms with E-state index in [9.17, 15) is 4.39 Å². The molecular weight excluding hydrogens is 496 g/mol. The van der Waals surface area contributed by atoms with E-state index in [-0.39, 0.29) is 10.6 Å². The molecule has 7 rings (SSSR count). The Morgan fingerprint density at radius 1 is 0.824 bits per heavy atom. The molecule has 1 aliphatic carbocycles. The van der Waals surface area contributed by atoms with Gasteiger partial charge >= 0.3 is 0 Å². The van der Waals surface area contributed by atoms with Crippen LogP contribution in [-0.4, -0.2) is 4.75 Å². The Bertz CT molecular complexity index is 1730. The Morgan fingerprint density at radius 3 is 2.50 bits per heavy atom. The maximum Gasteiger partial charge on any atom is 0.102 e. The fourth-order valence-corrected chi connectivity index (χ4v) is 9.94. The Labute approximate surface area is 213 Å². The SMILES string of the molecule is CC12CC(F)=CC=C1c1sc(C#Cc3cc4sc5cc(-c6ccccc6)ccc5c4s3)cc1S2. The first-order chi connectivity index (χ1) is 16.6. The van der Waals surface area contributed by atoms with Crippen molar-refractivity contribution in [1.29, 1.82) is 0 Å². The van der Waals surface area contributed by atoms with Crippen LogP contribution in [0.5, 0.6) is 0 Å². The summed E-state index contributed by atoms with van der Waals surface area (Å²) in [5.74, 6) is 6.76. The van der Waals surface area contributed by atoms with Gasteiger partial charge in [0, 0.05) is 31.0 Å². The molecule has 34 heavy (non-hydrogen) atoms. The molecule has 0 bridgehead atoms. The zero-order valence-electron chi connectivity index (χ0n) is 18.1. The summed E-state index contributed by atoms with van der Waals surface area (Å²) in [5, 5.41) is 1.31. The second-order valence-corrected chi connectivity index (χ2v) is 13.5. The first-order valence-electron chi connectivity index (χ1n) is 11.0. The van der Waals surface area contributed by atoms with Gasteiger partial charge < -0.3 is 0 Å². The smallest absolute Gasteiger partial charge is 0.102 e. The average molecular weight is 513 g/mol. The third kappa shape index (κ3) is 3.32. The third-order valence-corrected chi connectivity index (χ3v) is 11.2. The van der Waals surface area contributed by atoms with Crippen molar-refractivity contribution in [2.75, 3.05) is 0 Å². The van der Waals surface area contributed by atoms with E-state index in [1.165, 1.54) is 46.0 Å². The number of fused-ring (bicyclic) bond motifs is 6. The van der Waals surface area contributed by atoms with Gasteiger partial charge in [0.2, 0.25) is 0 Å². The summed E-state index contributed by atoms with van der Waals surface area (Å²) < 4.78 is 17.6. The van der Waals surface area contributed by atoms with Gasteiger partial charge in [0.15, 0.2) is 0 Å². The zero-order chi connectivity index (χ0) is 22.9. The van der Waals surface area contributed by atoms with Gasteiger partial charge in [-0.05, 0) is 59.7 Å². The van der Waals surface area contributed by atoms with E-state index in [2.05, 4.69) is 79.4 Å². The highest BCUT2D eigenvalue weighted by Crippen LogP contribution is 2.59. The molecule has 4 heterocycles. The molecule has 0 radical (unpaired) electrons. The zero-order valence-corrected chi connectivity index (χ0v) is 21.4. The first kappa shape index (κ1) is 20.7. The molecule has 0 fully saturated rings. The van der Waals surface area contributed by atoms with Crippen LogP contribution in [0.15, 0.2) is 83.5 Å². The average Bonchev–Trinajstić information content (AvgIpc) is 3.54. The molecule has 1 aliphatic heterocycles. The number of benzene rings is 2. The van der Waals surface area contributed by atoms with Crippen LogP contribution in [0.4, 0.5) is 4.39 Å². The molecule has 0 nitrogen and oxygen atoms in total. The third-order valence-electron chi connectivity index (χ3n) is 6.34. The molecule has 0 spiro atoms. The Kier molecular flexibility index (Phi) is 4.69. The van der Waals surface area contributed by atoms with Crippen LogP contribution in [0.1, 0.15) is 28.0 Å². The number of rotatable bonds is 1. The van der Waals surface area contributed by atoms with Gasteiger partial charge in [0.25, 0.3) is 0 Å². The molecular formula is C29H17FS4. The van der Waals surface area contributed by atoms with Gasteiger partial charge in [0.1, 0.15) is 5.83 Å². The summed E-state index contributed by atoms with van der Waals surface area (Å²) in [6.45, 7) is 2.14. The Balaban J connectivity index is 1.20. The number of hydrogen-bond donors (Lipinski definition) is 0. The van der Waals surface area contributed by atoms with Gasteiger partial charge in [-0.3, -0.25) is 0 Å². The maximum atomic E-state index is 13.8. The first-order valence-corrected chi connectivity index (χ1v) is 14.3. The van der Waals surface area contributed by atoms with E-state index in [1.54, 1.807) is 40.5 Å². The molecule has 0 saturated carbocycles. The van der Waals surface area contributed by atoms with Crippen LogP contribution in [0.2, 0.25) is 0 Å². The molecule has 2 aromatic carbocycles. The standard InChI is InChI=1S/C29H17FS4/c1-29-16-19(30)8-12-23(29)28-26(34-29)15-21(32-28)10-9-20-14-25-27(31-20)22-11-7-18(13-24(22)33-25)17-5-3-2-4-6-17/h2-8,11-15H,16H2,1H3. The van der Waals surface area contributed by atoms with E-state index < -0.39 is 0 Å². The van der Waals surface area contributed by atoms with Crippen molar-refractivity contribution in [1.82, 2.24) is 0 Å². The molecule has 164 valence electrons. The predicted octanol–water partition coefficient (Wildman–Crippen LogP) is 9.75. The van der Waals surface area contributed by atoms with Crippen molar-refractivity contribution in [3.05, 3.63) is 93.3 Å². The van der Waals surface area contributed by atoms with E-state index >= 15 is 0 Å². The molecule has 0 saturated heterocycles. The van der Waals surface area contributed by atoms with Gasteiger partial charge in [-0.1, -0.05) is 48.5 Å². The number of thiophene rings is 3. The summed E-state index contributed by atoms with van der Waals surface area (Å²) in [6, 6.07) is 21.7. The monoisotopic (exact) mass is 512 g/mol. The molecule has 2 aliphatic rings. The van der Waals surface area contributed by atoms with Crippen LogP contribution in [-0.2, 0) is 0 Å². The van der Waals surface area contributed by atoms with Gasteiger partial charge in [-0.25, -0.2) is 4.39 Å². The minimum atomic E-state index is -0.175. The van der Waals surface area contributed by atoms with Crippen LogP contribution in [0, 0.1) is 11.8 Å². The minimum absolute atomic E-state index is 0.0320. The van der Waals surface area contributed by atoms with Crippen LogP contribution >= 0.6 is 45.8 Å². The summed E-state index contributed by atoms with van der Waals surface area (Å²) >= 11 is 7.12. The van der Waals surface area contributed by atoms with Crippen LogP contribution in [0.25, 0.3) is 36.2 Å². The molecule has 5 heteroatoms. The van der Waals surface area contributed by atoms with Gasteiger partial charge in [0.05, 0.1) is 19.2 Å². The van der Waals surface area contributed by atoms with E-state index in [1.807, 2.05) is 17.4 Å². The molecule has 5 aromatic rings. The lowest BCUT2D eigenvalue weighted by Gasteiger charge is -2.26. The largest absolute Gasteiger partial charge is 0.212 e. The summed E-state index contributed by atoms with van der Waals surface area (Å²) in [5.41, 5.74) is 3.75. The molecule has 1 atom stereocenters. The number of hydrogen-bond acceptors (Lipinski definition) is 4. The van der Waals surface area contributed by atoms with Crippen LogP contribution in [0.3, 0.4) is 0 Å². The topological polar surface area (TPSA) is 0 Å². The fourth-order valence-electron chi connectivity index (χ4n) is 4.72. The lowest BCUT2D eigenvalue weighted by Crippen LogP contribution is -2.19. The number of thioether (sulfide) groups is 1. The lowest BCUT2D eigenvalue weighted by molar-refractivity contribution is 0.562. The number of halogens is 1. The Hall–Kier alpha value is -2.62. The van der Waals surface area contributed by atoms with E-state index in [0.717, 1.165) is 9.75 Å². The molecule has 0 N–H and O–H groups in total. The highest BCUT2D eigenvalue weighted by Gasteiger charge is 2.42. The van der Waals surface area contributed by atoms with Crippen molar-refractivity contribution < 1.29 is 4.39 Å². The van der Waals surface area contributed by atoms with Crippen molar-refractivity contribution in [3.8, 4) is 23.0 Å². The highest BCUT2D eigenvalue weighted by atomic mass is 32.2. The van der Waals surface area contributed by atoms with E-state index in [4.69, 9.17) is 0 Å². The Morgan fingerprint density at radius 2 is 1.65 bits per heavy atom. The lowest BCUT2D eigenvalue weighted by atomic mass is 9.91. The molecule has 1 unspecified atom stereocenters. The second kappa shape index (κ2) is 7.69. The quantitative estimate of drug-likeness (QED) is 0.201. The van der Waals surface area contributed by atoms with E-state index in [0.29, 0.717) is 6.42 Å². The van der Waals surface area contributed by atoms with Crippen molar-refractivity contribution in [2.24, 2.45) is 0 Å². The van der Waals surface area contributed by atoms with Gasteiger partial charge in [-0.2, -0.15) is 0 Å². The van der Waals surface area contributed by atoms with Crippen LogP contribution < -0.4 is 0 Å². The van der Waals surface area contributed by atoms with Crippen molar-refractivity contribution in [3.63, 3.8) is 0 Å². The molecule has 0 amide bonds.